The van der Waals surface area contributed by atoms with Crippen LogP contribution in [-0.4, -0.2) is 55.7 Å². The number of aromatic amines is 1. The SMILES string of the molecule is COc1cc(OC)cc(C(CC(=O)NCCCN2CCCCC2C)c2c[nH]c3ccccc23)c1. The van der Waals surface area contributed by atoms with Gasteiger partial charge in [0.1, 0.15) is 11.5 Å². The van der Waals surface area contributed by atoms with E-state index in [1.54, 1.807) is 14.2 Å². The standard InChI is InChI=1S/C28H37N3O3/c1-20-9-6-7-13-31(20)14-8-12-29-28(32)18-25(21-15-22(33-2)17-23(16-21)34-3)26-19-30-27-11-5-4-10-24(26)27/h4-5,10-11,15-17,19-20,25,30H,6-9,12-14,18H2,1-3H3,(H,29,32). The lowest BCUT2D eigenvalue weighted by atomic mass is 9.87. The summed E-state index contributed by atoms with van der Waals surface area (Å²) in [6.45, 7) is 5.23. The Morgan fingerprint density at radius 2 is 1.91 bits per heavy atom. The molecule has 4 rings (SSSR count). The summed E-state index contributed by atoms with van der Waals surface area (Å²) in [5.41, 5.74) is 3.16. The zero-order valence-electron chi connectivity index (χ0n) is 20.6. The summed E-state index contributed by atoms with van der Waals surface area (Å²) in [6, 6.07) is 14.7. The first-order valence-electron chi connectivity index (χ1n) is 12.4. The molecular formula is C28H37N3O3. The minimum absolute atomic E-state index is 0.0590. The molecule has 1 aliphatic rings. The van der Waals surface area contributed by atoms with Crippen molar-refractivity contribution >= 4 is 16.8 Å². The number of likely N-dealkylation sites (tertiary alicyclic amines) is 1. The number of rotatable bonds is 10. The molecule has 2 N–H and O–H groups in total. The number of benzene rings is 2. The molecule has 1 aromatic heterocycles. The van der Waals surface area contributed by atoms with Crippen LogP contribution in [0.2, 0.25) is 0 Å². The van der Waals surface area contributed by atoms with Gasteiger partial charge in [-0.05, 0) is 62.1 Å². The normalized spacial score (nSPS) is 17.4. The number of para-hydroxylation sites is 1. The van der Waals surface area contributed by atoms with E-state index in [4.69, 9.17) is 9.47 Å². The van der Waals surface area contributed by atoms with Gasteiger partial charge < -0.3 is 24.7 Å². The van der Waals surface area contributed by atoms with Crippen molar-refractivity contribution in [2.24, 2.45) is 0 Å². The maximum atomic E-state index is 13.1. The minimum Gasteiger partial charge on any atom is -0.497 e. The Balaban J connectivity index is 1.49. The van der Waals surface area contributed by atoms with Crippen LogP contribution in [-0.2, 0) is 4.79 Å². The van der Waals surface area contributed by atoms with Crippen LogP contribution < -0.4 is 14.8 Å². The fourth-order valence-corrected chi connectivity index (χ4v) is 5.08. The zero-order valence-corrected chi connectivity index (χ0v) is 20.6. The van der Waals surface area contributed by atoms with Crippen molar-refractivity contribution in [2.45, 2.75) is 51.0 Å². The van der Waals surface area contributed by atoms with Crippen molar-refractivity contribution in [3.05, 3.63) is 59.8 Å². The third-order valence-electron chi connectivity index (χ3n) is 7.05. The number of carbonyl (C=O) groups is 1. The number of hydrogen-bond acceptors (Lipinski definition) is 4. The molecule has 182 valence electrons. The summed E-state index contributed by atoms with van der Waals surface area (Å²) >= 11 is 0. The lowest BCUT2D eigenvalue weighted by Gasteiger charge is -2.33. The molecule has 2 unspecified atom stereocenters. The van der Waals surface area contributed by atoms with Crippen molar-refractivity contribution in [3.63, 3.8) is 0 Å². The largest absolute Gasteiger partial charge is 0.497 e. The van der Waals surface area contributed by atoms with Crippen molar-refractivity contribution in [3.8, 4) is 11.5 Å². The van der Waals surface area contributed by atoms with Gasteiger partial charge in [0.25, 0.3) is 0 Å². The van der Waals surface area contributed by atoms with Crippen LogP contribution in [0.4, 0.5) is 0 Å². The lowest BCUT2D eigenvalue weighted by molar-refractivity contribution is -0.121. The number of H-pyrrole nitrogens is 1. The number of fused-ring (bicyclic) bond motifs is 1. The van der Waals surface area contributed by atoms with Crippen LogP contribution in [0.1, 0.15) is 56.1 Å². The molecule has 0 spiro atoms. The second-order valence-corrected chi connectivity index (χ2v) is 9.28. The van der Waals surface area contributed by atoms with E-state index in [0.717, 1.165) is 46.5 Å². The van der Waals surface area contributed by atoms with E-state index in [-0.39, 0.29) is 11.8 Å². The van der Waals surface area contributed by atoms with Crippen LogP contribution in [0.15, 0.2) is 48.7 Å². The summed E-state index contributed by atoms with van der Waals surface area (Å²) < 4.78 is 11.0. The summed E-state index contributed by atoms with van der Waals surface area (Å²) in [7, 11) is 3.30. The van der Waals surface area contributed by atoms with Crippen molar-refractivity contribution in [1.29, 1.82) is 0 Å². The molecule has 2 atom stereocenters. The first-order valence-corrected chi connectivity index (χ1v) is 12.4. The number of amides is 1. The quantitative estimate of drug-likeness (QED) is 0.411. The summed E-state index contributed by atoms with van der Waals surface area (Å²) in [5, 5.41) is 4.29. The van der Waals surface area contributed by atoms with Gasteiger partial charge in [0.15, 0.2) is 0 Å². The molecular weight excluding hydrogens is 426 g/mol. The Bertz CT molecular complexity index is 1070. The van der Waals surface area contributed by atoms with E-state index in [1.807, 2.05) is 36.5 Å². The number of piperidine rings is 1. The molecule has 0 bridgehead atoms. The van der Waals surface area contributed by atoms with Gasteiger partial charge in [0, 0.05) is 54.6 Å². The molecule has 1 aliphatic heterocycles. The maximum Gasteiger partial charge on any atom is 0.220 e. The van der Waals surface area contributed by atoms with Gasteiger partial charge in [-0.15, -0.1) is 0 Å². The highest BCUT2D eigenvalue weighted by atomic mass is 16.5. The molecule has 1 amide bonds. The average Bonchev–Trinajstić information content (AvgIpc) is 3.29. The number of hydrogen-bond donors (Lipinski definition) is 2. The Morgan fingerprint density at radius 3 is 2.65 bits per heavy atom. The van der Waals surface area contributed by atoms with Crippen molar-refractivity contribution in [2.75, 3.05) is 33.9 Å². The molecule has 0 radical (unpaired) electrons. The van der Waals surface area contributed by atoms with E-state index in [1.165, 1.54) is 25.8 Å². The van der Waals surface area contributed by atoms with E-state index >= 15 is 0 Å². The second-order valence-electron chi connectivity index (χ2n) is 9.28. The van der Waals surface area contributed by atoms with E-state index < -0.39 is 0 Å². The predicted octanol–water partition coefficient (Wildman–Crippen LogP) is 5.09. The monoisotopic (exact) mass is 463 g/mol. The van der Waals surface area contributed by atoms with Crippen LogP contribution >= 0.6 is 0 Å². The Labute approximate surface area is 202 Å². The third kappa shape index (κ3) is 5.73. The molecule has 0 saturated carbocycles. The molecule has 6 heteroatoms. The number of nitrogens with zero attached hydrogens (tertiary/aromatic N) is 1. The van der Waals surface area contributed by atoms with Gasteiger partial charge >= 0.3 is 0 Å². The van der Waals surface area contributed by atoms with E-state index in [9.17, 15) is 4.79 Å². The van der Waals surface area contributed by atoms with Crippen molar-refractivity contribution in [1.82, 2.24) is 15.2 Å². The number of ether oxygens (including phenoxy) is 2. The van der Waals surface area contributed by atoms with Gasteiger partial charge in [-0.25, -0.2) is 0 Å². The number of aromatic nitrogens is 1. The van der Waals surface area contributed by atoms with Crippen LogP contribution in [0.25, 0.3) is 10.9 Å². The van der Waals surface area contributed by atoms with Crippen molar-refractivity contribution < 1.29 is 14.3 Å². The molecule has 6 nitrogen and oxygen atoms in total. The summed E-state index contributed by atoms with van der Waals surface area (Å²) in [6.07, 6.45) is 7.25. The molecule has 1 saturated heterocycles. The molecule has 3 aromatic rings. The highest BCUT2D eigenvalue weighted by Crippen LogP contribution is 2.37. The van der Waals surface area contributed by atoms with Gasteiger partial charge in [-0.3, -0.25) is 4.79 Å². The zero-order chi connectivity index (χ0) is 23.9. The van der Waals surface area contributed by atoms with Gasteiger partial charge in [0.05, 0.1) is 14.2 Å². The Kier molecular flexibility index (Phi) is 8.12. The lowest BCUT2D eigenvalue weighted by Crippen LogP contribution is -2.39. The minimum atomic E-state index is -0.123. The Morgan fingerprint density at radius 1 is 1.15 bits per heavy atom. The predicted molar refractivity (Wildman–Crippen MR) is 137 cm³/mol. The van der Waals surface area contributed by atoms with Crippen LogP contribution in [0.3, 0.4) is 0 Å². The molecule has 34 heavy (non-hydrogen) atoms. The van der Waals surface area contributed by atoms with Crippen LogP contribution in [0.5, 0.6) is 11.5 Å². The maximum absolute atomic E-state index is 13.1. The van der Waals surface area contributed by atoms with Gasteiger partial charge in [-0.2, -0.15) is 0 Å². The summed E-state index contributed by atoms with van der Waals surface area (Å²) in [4.78, 5) is 19.0. The highest BCUT2D eigenvalue weighted by molar-refractivity contribution is 5.86. The summed E-state index contributed by atoms with van der Waals surface area (Å²) in [5.74, 6) is 1.37. The van der Waals surface area contributed by atoms with E-state index in [2.05, 4.69) is 34.3 Å². The number of carbonyl (C=O) groups excluding carboxylic acids is 1. The molecule has 0 aliphatic carbocycles. The smallest absolute Gasteiger partial charge is 0.220 e. The fourth-order valence-electron chi connectivity index (χ4n) is 5.08. The Hall–Kier alpha value is -2.99. The number of nitrogens with one attached hydrogen (secondary N) is 2. The molecule has 2 aromatic carbocycles. The first-order chi connectivity index (χ1) is 16.6. The molecule has 1 fully saturated rings. The second kappa shape index (κ2) is 11.4. The average molecular weight is 464 g/mol. The molecule has 2 heterocycles. The van der Waals surface area contributed by atoms with E-state index in [0.29, 0.717) is 19.0 Å². The fraction of sp³-hybridized carbons (Fsp3) is 0.464. The van der Waals surface area contributed by atoms with Gasteiger partial charge in [-0.1, -0.05) is 24.6 Å². The highest BCUT2D eigenvalue weighted by Gasteiger charge is 2.23. The first kappa shape index (κ1) is 24.1. The topological polar surface area (TPSA) is 66.6 Å². The van der Waals surface area contributed by atoms with Crippen LogP contribution in [0, 0.1) is 0 Å². The third-order valence-corrected chi connectivity index (χ3v) is 7.05. The number of methoxy groups -OCH3 is 2. The van der Waals surface area contributed by atoms with Gasteiger partial charge in [0.2, 0.25) is 5.91 Å².